The van der Waals surface area contributed by atoms with Crippen LogP contribution in [-0.2, 0) is 9.53 Å². The van der Waals surface area contributed by atoms with Gasteiger partial charge >= 0.3 is 5.97 Å². The summed E-state index contributed by atoms with van der Waals surface area (Å²) < 4.78 is 25.9. The summed E-state index contributed by atoms with van der Waals surface area (Å²) >= 11 is 0. The molecule has 1 N–H and O–H groups in total. The van der Waals surface area contributed by atoms with Crippen molar-refractivity contribution in [1.82, 2.24) is 5.32 Å². The van der Waals surface area contributed by atoms with Crippen molar-refractivity contribution in [2.75, 3.05) is 27.6 Å². The molecule has 0 saturated carbocycles. The highest BCUT2D eigenvalue weighted by Crippen LogP contribution is 2.34. The second kappa shape index (κ2) is 8.51. The Morgan fingerprint density at radius 3 is 2.39 bits per heavy atom. The highest BCUT2D eigenvalue weighted by molar-refractivity contribution is 5.92. The largest absolute Gasteiger partial charge is 0.497 e. The van der Waals surface area contributed by atoms with E-state index in [0.717, 1.165) is 5.56 Å². The van der Waals surface area contributed by atoms with E-state index < -0.39 is 18.5 Å². The van der Waals surface area contributed by atoms with Gasteiger partial charge in [-0.1, -0.05) is 6.07 Å². The van der Waals surface area contributed by atoms with Crippen LogP contribution in [0.25, 0.3) is 0 Å². The molecule has 3 rings (SSSR count). The van der Waals surface area contributed by atoms with Crippen molar-refractivity contribution in [2.24, 2.45) is 0 Å². The predicted molar refractivity (Wildman–Crippen MR) is 99.0 cm³/mol. The van der Waals surface area contributed by atoms with Gasteiger partial charge in [-0.25, -0.2) is 4.79 Å². The van der Waals surface area contributed by atoms with E-state index in [1.54, 1.807) is 12.1 Å². The number of methoxy groups -OCH3 is 2. The molecule has 1 aliphatic rings. The lowest BCUT2D eigenvalue weighted by Crippen LogP contribution is -2.31. The van der Waals surface area contributed by atoms with Gasteiger partial charge in [0.25, 0.3) is 5.91 Å². The van der Waals surface area contributed by atoms with Gasteiger partial charge < -0.3 is 29.0 Å². The summed E-state index contributed by atoms with van der Waals surface area (Å²) in [5, 5.41) is 2.78. The lowest BCUT2D eigenvalue weighted by molar-refractivity contribution is -0.124. The fourth-order valence-corrected chi connectivity index (χ4v) is 2.69. The summed E-state index contributed by atoms with van der Waals surface area (Å²) in [4.78, 5) is 24.4. The first kappa shape index (κ1) is 19.3. The maximum Gasteiger partial charge on any atom is 0.338 e. The Bertz CT molecular complexity index is 859. The molecule has 1 aliphatic heterocycles. The Morgan fingerprint density at radius 2 is 1.71 bits per heavy atom. The zero-order chi connectivity index (χ0) is 20.1. The molecule has 2 aromatic rings. The van der Waals surface area contributed by atoms with Crippen molar-refractivity contribution in [3.8, 4) is 23.0 Å². The number of benzene rings is 2. The molecule has 1 heterocycles. The van der Waals surface area contributed by atoms with E-state index in [0.29, 0.717) is 23.0 Å². The van der Waals surface area contributed by atoms with E-state index in [2.05, 4.69) is 5.32 Å². The number of hydrogen-bond acceptors (Lipinski definition) is 7. The van der Waals surface area contributed by atoms with Gasteiger partial charge in [-0.3, -0.25) is 4.79 Å². The van der Waals surface area contributed by atoms with Crippen molar-refractivity contribution in [1.29, 1.82) is 0 Å². The highest BCUT2D eigenvalue weighted by atomic mass is 16.7. The summed E-state index contributed by atoms with van der Waals surface area (Å²) in [5.74, 6) is 1.14. The summed E-state index contributed by atoms with van der Waals surface area (Å²) in [5.41, 5.74) is 1.08. The normalized spacial score (nSPS) is 12.8. The number of esters is 1. The van der Waals surface area contributed by atoms with Gasteiger partial charge in [0, 0.05) is 6.07 Å². The van der Waals surface area contributed by atoms with Crippen LogP contribution in [0.5, 0.6) is 23.0 Å². The number of amides is 1. The molecule has 2 aromatic carbocycles. The Labute approximate surface area is 162 Å². The molecule has 8 nitrogen and oxygen atoms in total. The van der Waals surface area contributed by atoms with Crippen molar-refractivity contribution < 1.29 is 33.3 Å². The average molecular weight is 387 g/mol. The molecule has 0 unspecified atom stereocenters. The van der Waals surface area contributed by atoms with E-state index in [1.807, 2.05) is 19.1 Å². The van der Waals surface area contributed by atoms with Gasteiger partial charge in [-0.05, 0) is 36.8 Å². The second-order valence-corrected chi connectivity index (χ2v) is 6.08. The quantitative estimate of drug-likeness (QED) is 0.730. The minimum absolute atomic E-state index is 0.185. The van der Waals surface area contributed by atoms with Crippen LogP contribution in [0.2, 0.25) is 0 Å². The van der Waals surface area contributed by atoms with Gasteiger partial charge in [-0.15, -0.1) is 0 Å². The van der Waals surface area contributed by atoms with Crippen LogP contribution >= 0.6 is 0 Å². The van der Waals surface area contributed by atoms with Crippen molar-refractivity contribution >= 4 is 11.9 Å². The van der Waals surface area contributed by atoms with E-state index in [4.69, 9.17) is 23.7 Å². The fraction of sp³-hybridized carbons (Fsp3) is 0.300. The molecule has 0 fully saturated rings. The van der Waals surface area contributed by atoms with Gasteiger partial charge in [-0.2, -0.15) is 0 Å². The summed E-state index contributed by atoms with van der Waals surface area (Å²) in [7, 11) is 2.96. The standard InChI is InChI=1S/C20H21NO7/c1-12(13-4-5-17-18(8-13)28-11-27-17)21-19(22)10-26-20(23)14-6-15(24-2)9-16(7-14)25-3/h4-9,12H,10-11H2,1-3H3,(H,21,22)/t12-/m1/s1. The molecule has 0 radical (unpaired) electrons. The molecule has 8 heteroatoms. The van der Waals surface area contributed by atoms with Crippen LogP contribution in [0.4, 0.5) is 0 Å². The molecule has 0 bridgehead atoms. The Morgan fingerprint density at radius 1 is 1.04 bits per heavy atom. The van der Waals surface area contributed by atoms with Crippen molar-refractivity contribution in [3.63, 3.8) is 0 Å². The molecular weight excluding hydrogens is 366 g/mol. The molecule has 28 heavy (non-hydrogen) atoms. The van der Waals surface area contributed by atoms with Gasteiger partial charge in [0.15, 0.2) is 18.1 Å². The van der Waals surface area contributed by atoms with E-state index in [9.17, 15) is 9.59 Å². The predicted octanol–water partition coefficient (Wildman–Crippen LogP) is 2.47. The van der Waals surface area contributed by atoms with E-state index in [-0.39, 0.29) is 18.4 Å². The van der Waals surface area contributed by atoms with Crippen molar-refractivity contribution in [2.45, 2.75) is 13.0 Å². The molecule has 0 aliphatic carbocycles. The number of ether oxygens (including phenoxy) is 5. The van der Waals surface area contributed by atoms with Crippen LogP contribution in [0, 0.1) is 0 Å². The number of hydrogen-bond donors (Lipinski definition) is 1. The van der Waals surface area contributed by atoms with E-state index >= 15 is 0 Å². The Balaban J connectivity index is 1.56. The van der Waals surface area contributed by atoms with Crippen LogP contribution in [0.1, 0.15) is 28.9 Å². The molecule has 1 atom stereocenters. The lowest BCUT2D eigenvalue weighted by atomic mass is 10.1. The minimum atomic E-state index is -0.650. The van der Waals surface area contributed by atoms with Crippen LogP contribution in [0.15, 0.2) is 36.4 Å². The zero-order valence-electron chi connectivity index (χ0n) is 15.8. The van der Waals surface area contributed by atoms with Crippen molar-refractivity contribution in [3.05, 3.63) is 47.5 Å². The maximum atomic E-state index is 12.2. The topological polar surface area (TPSA) is 92.3 Å². The average Bonchev–Trinajstić information content (AvgIpc) is 3.19. The molecule has 148 valence electrons. The van der Waals surface area contributed by atoms with E-state index in [1.165, 1.54) is 26.4 Å². The first-order chi connectivity index (χ1) is 13.5. The zero-order valence-corrected chi connectivity index (χ0v) is 15.8. The fourth-order valence-electron chi connectivity index (χ4n) is 2.69. The molecular formula is C20H21NO7. The highest BCUT2D eigenvalue weighted by Gasteiger charge is 2.18. The Hall–Kier alpha value is -3.42. The van der Waals surface area contributed by atoms with Gasteiger partial charge in [0.1, 0.15) is 11.5 Å². The Kier molecular flexibility index (Phi) is 5.88. The summed E-state index contributed by atoms with van der Waals surface area (Å²) in [6, 6.07) is 9.80. The monoisotopic (exact) mass is 387 g/mol. The number of carbonyl (C=O) groups is 2. The first-order valence-electron chi connectivity index (χ1n) is 8.59. The SMILES string of the molecule is COc1cc(OC)cc(C(=O)OCC(=O)N[C@H](C)c2ccc3c(c2)OCO3)c1. The number of nitrogens with one attached hydrogen (secondary N) is 1. The molecule has 0 spiro atoms. The van der Waals surface area contributed by atoms with Gasteiger partial charge in [0.2, 0.25) is 6.79 Å². The molecule has 0 aromatic heterocycles. The molecule has 1 amide bonds. The third-order valence-corrected chi connectivity index (χ3v) is 4.20. The second-order valence-electron chi connectivity index (χ2n) is 6.08. The third-order valence-electron chi connectivity index (χ3n) is 4.20. The maximum absolute atomic E-state index is 12.2. The number of rotatable bonds is 7. The third kappa shape index (κ3) is 4.46. The number of fused-ring (bicyclic) bond motifs is 1. The molecule has 0 saturated heterocycles. The van der Waals surface area contributed by atoms with Crippen LogP contribution in [-0.4, -0.2) is 39.5 Å². The summed E-state index contributed by atoms with van der Waals surface area (Å²) in [6.45, 7) is 1.60. The first-order valence-corrected chi connectivity index (χ1v) is 8.59. The summed E-state index contributed by atoms with van der Waals surface area (Å²) in [6.07, 6.45) is 0. The lowest BCUT2D eigenvalue weighted by Gasteiger charge is -2.15. The smallest absolute Gasteiger partial charge is 0.338 e. The van der Waals surface area contributed by atoms with Gasteiger partial charge in [0.05, 0.1) is 25.8 Å². The van der Waals surface area contributed by atoms with Crippen LogP contribution in [0.3, 0.4) is 0 Å². The number of carbonyl (C=O) groups excluding carboxylic acids is 2. The van der Waals surface area contributed by atoms with Crippen LogP contribution < -0.4 is 24.3 Å². The minimum Gasteiger partial charge on any atom is -0.497 e.